The molecule has 1 saturated heterocycles. The van der Waals surface area contributed by atoms with Crippen molar-refractivity contribution in [3.8, 4) is 0 Å². The highest BCUT2D eigenvalue weighted by Gasteiger charge is 2.45. The molecule has 6 nitrogen and oxygen atoms in total. The van der Waals surface area contributed by atoms with Gasteiger partial charge in [-0.15, -0.1) is 0 Å². The Morgan fingerprint density at radius 1 is 1.68 bits per heavy atom. The van der Waals surface area contributed by atoms with Gasteiger partial charge in [0.2, 0.25) is 0 Å². The Morgan fingerprint density at radius 2 is 2.42 bits per heavy atom. The summed E-state index contributed by atoms with van der Waals surface area (Å²) in [7, 11) is -3.89. The first-order valence-electron chi connectivity index (χ1n) is 5.70. The largest absolute Gasteiger partial charge is 0.465 e. The molecule has 0 saturated carbocycles. The third-order valence-corrected chi connectivity index (χ3v) is 5.80. The number of alkyl halides is 1. The SMILES string of the molecule is CCOC(=O)[C@@H]1C[C@H](F)CN1S(=O)(=O)c1ccns1. The number of carbonyl (C=O) groups is 1. The van der Waals surface area contributed by atoms with E-state index >= 15 is 0 Å². The van der Waals surface area contributed by atoms with Gasteiger partial charge in [-0.1, -0.05) is 0 Å². The number of halogens is 1. The Bertz CT molecular complexity index is 546. The fourth-order valence-corrected chi connectivity index (χ4v) is 4.40. The van der Waals surface area contributed by atoms with Crippen molar-refractivity contribution in [1.29, 1.82) is 0 Å². The minimum atomic E-state index is -3.89. The number of rotatable bonds is 4. The van der Waals surface area contributed by atoms with Crippen molar-refractivity contribution in [2.45, 2.75) is 29.8 Å². The lowest BCUT2D eigenvalue weighted by Crippen LogP contribution is -2.41. The summed E-state index contributed by atoms with van der Waals surface area (Å²) in [6.45, 7) is 1.41. The molecule has 1 aliphatic heterocycles. The first-order valence-corrected chi connectivity index (χ1v) is 7.91. The molecule has 0 radical (unpaired) electrons. The van der Waals surface area contributed by atoms with E-state index in [0.717, 1.165) is 15.8 Å². The van der Waals surface area contributed by atoms with Gasteiger partial charge in [0.25, 0.3) is 10.0 Å². The van der Waals surface area contributed by atoms with Crippen molar-refractivity contribution >= 4 is 27.5 Å². The van der Waals surface area contributed by atoms with Crippen molar-refractivity contribution in [1.82, 2.24) is 8.68 Å². The topological polar surface area (TPSA) is 76.6 Å². The second-order valence-corrected chi connectivity index (χ2v) is 6.96. The van der Waals surface area contributed by atoms with Crippen molar-refractivity contribution in [3.05, 3.63) is 12.3 Å². The quantitative estimate of drug-likeness (QED) is 0.769. The van der Waals surface area contributed by atoms with Crippen LogP contribution in [0.2, 0.25) is 0 Å². The summed E-state index contributed by atoms with van der Waals surface area (Å²) >= 11 is 0.791. The van der Waals surface area contributed by atoms with E-state index in [1.54, 1.807) is 6.92 Å². The molecule has 9 heteroatoms. The van der Waals surface area contributed by atoms with Crippen molar-refractivity contribution in [2.75, 3.05) is 13.2 Å². The standard InChI is InChI=1S/C10H13FN2O4S2/c1-2-17-10(14)8-5-7(11)6-13(8)19(15,16)9-3-4-12-18-9/h3-4,7-8H,2,5-6H2,1H3/t7-,8-/m0/s1. The van der Waals surface area contributed by atoms with Gasteiger partial charge in [0.15, 0.2) is 4.21 Å². The molecule has 0 bridgehead atoms. The summed E-state index contributed by atoms with van der Waals surface area (Å²) in [4.78, 5) is 11.7. The zero-order chi connectivity index (χ0) is 14.0. The van der Waals surface area contributed by atoms with Crippen LogP contribution in [0.3, 0.4) is 0 Å². The van der Waals surface area contributed by atoms with Crippen LogP contribution in [-0.2, 0) is 19.6 Å². The summed E-state index contributed by atoms with van der Waals surface area (Å²) in [6, 6.07) is 0.232. The van der Waals surface area contributed by atoms with Crippen LogP contribution in [0.15, 0.2) is 16.5 Å². The molecular weight excluding hydrogens is 295 g/mol. The lowest BCUT2D eigenvalue weighted by molar-refractivity contribution is -0.146. The molecular formula is C10H13FN2O4S2. The van der Waals surface area contributed by atoms with E-state index in [2.05, 4.69) is 4.37 Å². The van der Waals surface area contributed by atoms with Gasteiger partial charge in [-0.25, -0.2) is 12.8 Å². The molecule has 0 unspecified atom stereocenters. The number of carbonyl (C=O) groups excluding carboxylic acids is 1. The maximum Gasteiger partial charge on any atom is 0.324 e. The fourth-order valence-electron chi connectivity index (χ4n) is 1.93. The molecule has 0 spiro atoms. The number of sulfonamides is 1. The summed E-state index contributed by atoms with van der Waals surface area (Å²) in [5, 5.41) is 0. The van der Waals surface area contributed by atoms with Gasteiger partial charge >= 0.3 is 5.97 Å². The highest BCUT2D eigenvalue weighted by Crippen LogP contribution is 2.29. The van der Waals surface area contributed by atoms with Gasteiger partial charge < -0.3 is 4.74 Å². The van der Waals surface area contributed by atoms with Crippen LogP contribution in [-0.4, -0.2) is 48.4 Å². The molecule has 2 heterocycles. The molecule has 19 heavy (non-hydrogen) atoms. The summed E-state index contributed by atoms with van der Waals surface area (Å²) in [5.74, 6) is -0.712. The first-order chi connectivity index (χ1) is 8.96. The Morgan fingerprint density at radius 3 is 3.00 bits per heavy atom. The van der Waals surface area contributed by atoms with Gasteiger partial charge in [0.1, 0.15) is 12.2 Å². The van der Waals surface area contributed by atoms with Crippen LogP contribution >= 0.6 is 11.5 Å². The van der Waals surface area contributed by atoms with Crippen molar-refractivity contribution in [2.24, 2.45) is 0 Å². The predicted octanol–water partition coefficient (Wildman–Crippen LogP) is 0.807. The number of esters is 1. The molecule has 0 aromatic carbocycles. The molecule has 1 aromatic heterocycles. The van der Waals surface area contributed by atoms with E-state index in [1.807, 2.05) is 0 Å². The average molecular weight is 308 g/mol. The third kappa shape index (κ3) is 2.77. The summed E-state index contributed by atoms with van der Waals surface area (Å²) < 4.78 is 47.4. The lowest BCUT2D eigenvalue weighted by atomic mass is 10.2. The number of hydrogen-bond donors (Lipinski definition) is 0. The van der Waals surface area contributed by atoms with Crippen molar-refractivity contribution in [3.63, 3.8) is 0 Å². The van der Waals surface area contributed by atoms with Gasteiger partial charge in [-0.05, 0) is 24.5 Å². The number of ether oxygens (including phenoxy) is 1. The van der Waals surface area contributed by atoms with Crippen LogP contribution < -0.4 is 0 Å². The Hall–Kier alpha value is -1.06. The Kier molecular flexibility index (Phi) is 4.16. The molecule has 2 atom stereocenters. The molecule has 1 aromatic rings. The van der Waals surface area contributed by atoms with Crippen LogP contribution in [0.1, 0.15) is 13.3 Å². The lowest BCUT2D eigenvalue weighted by Gasteiger charge is -2.20. The Balaban J connectivity index is 2.29. The average Bonchev–Trinajstić information content (AvgIpc) is 2.97. The molecule has 0 aliphatic carbocycles. The maximum absolute atomic E-state index is 13.5. The summed E-state index contributed by atoms with van der Waals surface area (Å²) in [5.41, 5.74) is 0. The zero-order valence-corrected chi connectivity index (χ0v) is 11.8. The Labute approximate surface area is 114 Å². The molecule has 1 aliphatic rings. The number of aromatic nitrogens is 1. The number of nitrogens with zero attached hydrogens (tertiary/aromatic N) is 2. The second kappa shape index (κ2) is 5.51. The number of hydrogen-bond acceptors (Lipinski definition) is 6. The van der Waals surface area contributed by atoms with Gasteiger partial charge in [0, 0.05) is 19.2 Å². The fraction of sp³-hybridized carbons (Fsp3) is 0.600. The normalized spacial score (nSPS) is 24.5. The van der Waals surface area contributed by atoms with E-state index in [9.17, 15) is 17.6 Å². The van der Waals surface area contributed by atoms with E-state index < -0.39 is 28.2 Å². The van der Waals surface area contributed by atoms with E-state index in [4.69, 9.17) is 4.74 Å². The zero-order valence-electron chi connectivity index (χ0n) is 10.2. The van der Waals surface area contributed by atoms with Gasteiger partial charge in [-0.2, -0.15) is 8.68 Å². The maximum atomic E-state index is 13.5. The first kappa shape index (κ1) is 14.4. The molecule has 1 fully saturated rings. The highest BCUT2D eigenvalue weighted by atomic mass is 32.2. The van der Waals surface area contributed by atoms with Crippen molar-refractivity contribution < 1.29 is 22.3 Å². The van der Waals surface area contributed by atoms with Gasteiger partial charge in [-0.3, -0.25) is 4.79 Å². The van der Waals surface area contributed by atoms with Crippen LogP contribution in [0.5, 0.6) is 0 Å². The third-order valence-electron chi connectivity index (χ3n) is 2.74. The van der Waals surface area contributed by atoms with E-state index in [-0.39, 0.29) is 23.8 Å². The van der Waals surface area contributed by atoms with Crippen LogP contribution in [0.25, 0.3) is 0 Å². The van der Waals surface area contributed by atoms with E-state index in [0.29, 0.717) is 0 Å². The minimum absolute atomic E-state index is 0.00380. The van der Waals surface area contributed by atoms with Crippen LogP contribution in [0, 0.1) is 0 Å². The highest BCUT2D eigenvalue weighted by molar-refractivity contribution is 7.91. The second-order valence-electron chi connectivity index (χ2n) is 4.01. The summed E-state index contributed by atoms with van der Waals surface area (Å²) in [6.07, 6.45) is -0.186. The molecule has 0 N–H and O–H groups in total. The molecule has 0 amide bonds. The monoisotopic (exact) mass is 308 g/mol. The van der Waals surface area contributed by atoms with Gasteiger partial charge in [0.05, 0.1) is 6.61 Å². The smallest absolute Gasteiger partial charge is 0.324 e. The van der Waals surface area contributed by atoms with Crippen LogP contribution in [0.4, 0.5) is 4.39 Å². The predicted molar refractivity (Wildman–Crippen MR) is 65.9 cm³/mol. The molecule has 106 valence electrons. The van der Waals surface area contributed by atoms with E-state index in [1.165, 1.54) is 12.3 Å². The molecule has 2 rings (SSSR count). The minimum Gasteiger partial charge on any atom is -0.465 e.